The number of nitrogens with one attached hydrogen (secondary N) is 1. The molecule has 20 heavy (non-hydrogen) atoms. The quantitative estimate of drug-likeness (QED) is 0.751. The predicted molar refractivity (Wildman–Crippen MR) is 76.1 cm³/mol. The summed E-state index contributed by atoms with van der Waals surface area (Å²) in [6.45, 7) is 0. The van der Waals surface area contributed by atoms with Crippen LogP contribution in [0.5, 0.6) is 5.75 Å². The number of pyridine rings is 1. The lowest BCUT2D eigenvalue weighted by Crippen LogP contribution is -2.19. The summed E-state index contributed by atoms with van der Waals surface area (Å²) in [7, 11) is 0. The fourth-order valence-corrected chi connectivity index (χ4v) is 1.85. The summed E-state index contributed by atoms with van der Waals surface area (Å²) in [5, 5.41) is 12.0. The average Bonchev–Trinajstić information content (AvgIpc) is 2.38. The third kappa shape index (κ3) is 2.72. The van der Waals surface area contributed by atoms with Crippen molar-refractivity contribution in [2.75, 3.05) is 5.32 Å². The number of rotatable bonds is 3. The van der Waals surface area contributed by atoms with Crippen molar-refractivity contribution in [2.45, 2.75) is 0 Å². The number of nitrogens with zero attached hydrogens (tertiary/aromatic N) is 1. The molecule has 0 saturated carbocycles. The van der Waals surface area contributed by atoms with Gasteiger partial charge in [-0.3, -0.25) is 9.78 Å². The van der Waals surface area contributed by atoms with Crippen molar-refractivity contribution >= 4 is 28.8 Å². The molecule has 0 spiro atoms. The number of carbonyl (C=O) groups excluding carboxylic acids is 1. The first-order valence-corrected chi connectivity index (χ1v) is 5.94. The van der Waals surface area contributed by atoms with E-state index in [-0.39, 0.29) is 27.6 Å². The zero-order valence-corrected chi connectivity index (χ0v) is 10.9. The van der Waals surface area contributed by atoms with Crippen LogP contribution in [0, 0.1) is 5.82 Å². The van der Waals surface area contributed by atoms with Crippen LogP contribution in [0.25, 0.3) is 0 Å². The number of hydrogen-bond donors (Lipinski definition) is 3. The summed E-state index contributed by atoms with van der Waals surface area (Å²) in [5.41, 5.74) is 5.54. The highest BCUT2D eigenvalue weighted by Crippen LogP contribution is 2.21. The molecule has 4 N–H and O–H groups in total. The van der Waals surface area contributed by atoms with Gasteiger partial charge in [-0.25, -0.2) is 4.39 Å². The second-order valence-electron chi connectivity index (χ2n) is 3.87. The maximum Gasteiger partial charge on any atom is 0.259 e. The van der Waals surface area contributed by atoms with E-state index in [0.29, 0.717) is 0 Å². The van der Waals surface area contributed by atoms with Crippen molar-refractivity contribution in [3.8, 4) is 5.75 Å². The van der Waals surface area contributed by atoms with Gasteiger partial charge in [0.25, 0.3) is 5.91 Å². The van der Waals surface area contributed by atoms with Gasteiger partial charge in [0.05, 0.1) is 23.0 Å². The van der Waals surface area contributed by atoms with Crippen LogP contribution in [-0.2, 0) is 0 Å². The minimum absolute atomic E-state index is 0.0122. The Morgan fingerprint density at radius 3 is 2.80 bits per heavy atom. The number of hydrogen-bond acceptors (Lipinski definition) is 4. The minimum Gasteiger partial charge on any atom is -0.505 e. The first-order chi connectivity index (χ1) is 9.50. The molecule has 1 amide bonds. The average molecular weight is 291 g/mol. The first-order valence-electron chi connectivity index (χ1n) is 5.53. The Bertz CT molecular complexity index is 691. The molecule has 7 heteroatoms. The van der Waals surface area contributed by atoms with Crippen molar-refractivity contribution in [3.63, 3.8) is 0 Å². The van der Waals surface area contributed by atoms with Crippen molar-refractivity contribution in [1.82, 2.24) is 4.98 Å². The summed E-state index contributed by atoms with van der Waals surface area (Å²) in [5.74, 6) is -1.53. The Kier molecular flexibility index (Phi) is 3.90. The van der Waals surface area contributed by atoms with Gasteiger partial charge in [0, 0.05) is 6.20 Å². The van der Waals surface area contributed by atoms with Gasteiger partial charge in [-0.15, -0.1) is 0 Å². The highest BCUT2D eigenvalue weighted by Gasteiger charge is 2.16. The second kappa shape index (κ2) is 5.62. The van der Waals surface area contributed by atoms with Crippen LogP contribution in [0.15, 0.2) is 36.7 Å². The minimum atomic E-state index is -0.630. The van der Waals surface area contributed by atoms with E-state index in [9.17, 15) is 14.3 Å². The standard InChI is InChI=1S/C13H10FN3O2S/c14-8-2-1-3-9(11(8)12(15)20)17-13(19)7-4-5-16-6-10(7)18/h1-6,18H,(H2,15,20)(H,17,19). The topological polar surface area (TPSA) is 88.2 Å². The molecule has 1 heterocycles. The van der Waals surface area contributed by atoms with Crippen molar-refractivity contribution < 1.29 is 14.3 Å². The van der Waals surface area contributed by atoms with E-state index in [1.807, 2.05) is 0 Å². The lowest BCUT2D eigenvalue weighted by molar-refractivity contribution is 0.102. The van der Waals surface area contributed by atoms with E-state index >= 15 is 0 Å². The van der Waals surface area contributed by atoms with Crippen LogP contribution in [0.1, 0.15) is 15.9 Å². The predicted octanol–water partition coefficient (Wildman–Crippen LogP) is 1.81. The number of benzene rings is 1. The summed E-state index contributed by atoms with van der Waals surface area (Å²) in [6.07, 6.45) is 2.49. The molecular weight excluding hydrogens is 281 g/mol. The molecule has 0 saturated heterocycles. The molecule has 0 radical (unpaired) electrons. The molecule has 2 aromatic rings. The SMILES string of the molecule is NC(=S)c1c(F)cccc1NC(=O)c1ccncc1O. The highest BCUT2D eigenvalue weighted by molar-refractivity contribution is 7.80. The normalized spacial score (nSPS) is 10.1. The maximum atomic E-state index is 13.7. The molecule has 0 fully saturated rings. The molecule has 2 rings (SSSR count). The number of anilines is 1. The Balaban J connectivity index is 2.36. The monoisotopic (exact) mass is 291 g/mol. The van der Waals surface area contributed by atoms with Crippen LogP contribution in [0.3, 0.4) is 0 Å². The Labute approximate surface area is 119 Å². The van der Waals surface area contributed by atoms with E-state index in [2.05, 4.69) is 10.3 Å². The number of nitrogens with two attached hydrogens (primary N) is 1. The van der Waals surface area contributed by atoms with Gasteiger partial charge < -0.3 is 16.2 Å². The Morgan fingerprint density at radius 1 is 1.40 bits per heavy atom. The molecule has 0 unspecified atom stereocenters. The van der Waals surface area contributed by atoms with Crippen LogP contribution >= 0.6 is 12.2 Å². The smallest absolute Gasteiger partial charge is 0.259 e. The molecular formula is C13H10FN3O2S. The highest BCUT2D eigenvalue weighted by atomic mass is 32.1. The third-order valence-corrected chi connectivity index (χ3v) is 2.76. The molecule has 102 valence electrons. The number of aromatic hydroxyl groups is 1. The third-order valence-electron chi connectivity index (χ3n) is 2.55. The molecule has 0 aliphatic carbocycles. The number of aromatic nitrogens is 1. The zero-order chi connectivity index (χ0) is 14.7. The first kappa shape index (κ1) is 13.9. The van der Waals surface area contributed by atoms with Gasteiger partial charge in [-0.1, -0.05) is 18.3 Å². The van der Waals surface area contributed by atoms with Gasteiger partial charge in [0.1, 0.15) is 16.6 Å². The number of carbonyl (C=O) groups is 1. The van der Waals surface area contributed by atoms with E-state index in [1.165, 1.54) is 30.5 Å². The molecule has 0 atom stereocenters. The van der Waals surface area contributed by atoms with Crippen molar-refractivity contribution in [2.24, 2.45) is 5.73 Å². The largest absolute Gasteiger partial charge is 0.505 e. The summed E-state index contributed by atoms with van der Waals surface area (Å²) >= 11 is 4.76. The summed E-state index contributed by atoms with van der Waals surface area (Å²) in [4.78, 5) is 15.5. The molecule has 0 aliphatic rings. The molecule has 5 nitrogen and oxygen atoms in total. The Morgan fingerprint density at radius 2 is 2.15 bits per heavy atom. The van der Waals surface area contributed by atoms with E-state index < -0.39 is 11.7 Å². The van der Waals surface area contributed by atoms with E-state index in [0.717, 1.165) is 6.20 Å². The van der Waals surface area contributed by atoms with E-state index in [4.69, 9.17) is 18.0 Å². The van der Waals surface area contributed by atoms with Crippen molar-refractivity contribution in [3.05, 3.63) is 53.6 Å². The number of halogens is 1. The van der Waals surface area contributed by atoms with Gasteiger partial charge >= 0.3 is 0 Å². The number of amides is 1. The van der Waals surface area contributed by atoms with Crippen LogP contribution in [-0.4, -0.2) is 21.0 Å². The number of thiocarbonyl (C=S) groups is 1. The summed E-state index contributed by atoms with van der Waals surface area (Å²) in [6, 6.07) is 5.41. The molecule has 0 bridgehead atoms. The second-order valence-corrected chi connectivity index (χ2v) is 4.31. The fraction of sp³-hybridized carbons (Fsp3) is 0. The van der Waals surface area contributed by atoms with Gasteiger partial charge in [0.15, 0.2) is 0 Å². The molecule has 1 aromatic carbocycles. The Hall–Kier alpha value is -2.54. The van der Waals surface area contributed by atoms with Crippen LogP contribution < -0.4 is 11.1 Å². The van der Waals surface area contributed by atoms with Gasteiger partial charge in [-0.2, -0.15) is 0 Å². The summed E-state index contributed by atoms with van der Waals surface area (Å²) < 4.78 is 13.7. The van der Waals surface area contributed by atoms with Crippen LogP contribution in [0.4, 0.5) is 10.1 Å². The maximum absolute atomic E-state index is 13.7. The lowest BCUT2D eigenvalue weighted by Gasteiger charge is -2.11. The van der Waals surface area contributed by atoms with E-state index in [1.54, 1.807) is 0 Å². The molecule has 0 aliphatic heterocycles. The van der Waals surface area contributed by atoms with Gasteiger partial charge in [-0.05, 0) is 18.2 Å². The van der Waals surface area contributed by atoms with Crippen molar-refractivity contribution in [1.29, 1.82) is 0 Å². The van der Waals surface area contributed by atoms with Gasteiger partial charge in [0.2, 0.25) is 0 Å². The molecule has 1 aromatic heterocycles. The van der Waals surface area contributed by atoms with Crippen LogP contribution in [0.2, 0.25) is 0 Å². The fourth-order valence-electron chi connectivity index (χ4n) is 1.65. The zero-order valence-electron chi connectivity index (χ0n) is 10.1. The lowest BCUT2D eigenvalue weighted by atomic mass is 10.1.